The molecule has 0 aromatic carbocycles. The number of thiophene rings is 1. The lowest BCUT2D eigenvalue weighted by Gasteiger charge is -2.39. The minimum absolute atomic E-state index is 0.123. The Labute approximate surface area is 166 Å². The van der Waals surface area contributed by atoms with Gasteiger partial charge in [-0.05, 0) is 37.1 Å². The first-order valence-corrected chi connectivity index (χ1v) is 12.5. The van der Waals surface area contributed by atoms with E-state index in [0.717, 1.165) is 11.3 Å². The van der Waals surface area contributed by atoms with E-state index < -0.39 is 10.1 Å². The van der Waals surface area contributed by atoms with Crippen molar-refractivity contribution in [3.05, 3.63) is 17.5 Å². The predicted molar refractivity (Wildman–Crippen MR) is 112 cm³/mol. The molecule has 0 saturated carbocycles. The maximum absolute atomic E-state index is 10.1. The zero-order valence-electron chi connectivity index (χ0n) is 17.2. The van der Waals surface area contributed by atoms with E-state index >= 15 is 0 Å². The second-order valence-corrected chi connectivity index (χ2v) is 9.59. The molecule has 0 saturated heterocycles. The third-order valence-corrected chi connectivity index (χ3v) is 6.88. The third-order valence-electron chi connectivity index (χ3n) is 4.69. The highest BCUT2D eigenvalue weighted by molar-refractivity contribution is 7.88. The molecule has 4 nitrogen and oxygen atoms in total. The Bertz CT molecular complexity index is 490. The zero-order chi connectivity index (χ0) is 19.9. The summed E-state index contributed by atoms with van der Waals surface area (Å²) in [4.78, 5) is 0. The van der Waals surface area contributed by atoms with Gasteiger partial charge >= 0.3 is 0 Å². The summed E-state index contributed by atoms with van der Waals surface area (Å²) in [5.74, 6) is 0. The maximum Gasteiger partial charge on any atom is 0.134 e. The van der Waals surface area contributed by atoms with Gasteiger partial charge in [0.1, 0.15) is 14.3 Å². The second kappa shape index (κ2) is 14.6. The van der Waals surface area contributed by atoms with Gasteiger partial charge in [-0.2, -0.15) is 0 Å². The lowest BCUT2D eigenvalue weighted by Crippen LogP contribution is -2.50. The minimum atomic E-state index is -4.19. The maximum atomic E-state index is 10.1. The summed E-state index contributed by atoms with van der Waals surface area (Å²) in [6.07, 6.45) is 11.1. The van der Waals surface area contributed by atoms with Crippen LogP contribution in [0, 0.1) is 0 Å². The van der Waals surface area contributed by atoms with Gasteiger partial charge in [0.05, 0.1) is 26.2 Å². The van der Waals surface area contributed by atoms with Gasteiger partial charge in [-0.1, -0.05) is 59.4 Å². The molecular weight excluding hydrogens is 366 g/mol. The Kier molecular flexibility index (Phi) is 14.4. The van der Waals surface area contributed by atoms with E-state index in [1.165, 1.54) is 94.2 Å². The number of quaternary nitrogens is 1. The molecule has 0 radical (unpaired) electrons. The van der Waals surface area contributed by atoms with Gasteiger partial charge in [-0.15, -0.1) is 11.3 Å². The fourth-order valence-corrected chi connectivity index (χ4v) is 4.38. The van der Waals surface area contributed by atoms with Gasteiger partial charge < -0.3 is 9.04 Å². The average Bonchev–Trinajstić information content (AvgIpc) is 3.16. The van der Waals surface area contributed by atoms with Crippen molar-refractivity contribution in [3.63, 3.8) is 0 Å². The molecule has 1 rings (SSSR count). The molecule has 0 aliphatic rings. The van der Waals surface area contributed by atoms with Crippen molar-refractivity contribution >= 4 is 21.5 Å². The molecule has 26 heavy (non-hydrogen) atoms. The molecular formula is C20H39NO3S2. The van der Waals surface area contributed by atoms with E-state index in [1.54, 1.807) is 5.38 Å². The Morgan fingerprint density at radius 1 is 0.846 bits per heavy atom. The van der Waals surface area contributed by atoms with Crippen LogP contribution in [0.2, 0.25) is 0 Å². The first-order valence-electron chi connectivity index (χ1n) is 10.2. The molecule has 0 atom stereocenters. The molecule has 1 aromatic heterocycles. The Balaban J connectivity index is 0.000000577. The molecule has 1 heterocycles. The summed E-state index contributed by atoms with van der Waals surface area (Å²) in [6.45, 7) is 15.0. The highest BCUT2D eigenvalue weighted by Gasteiger charge is 2.24. The largest absolute Gasteiger partial charge is 0.743 e. The molecule has 0 aliphatic heterocycles. The predicted octanol–water partition coefficient (Wildman–Crippen LogP) is 5.66. The van der Waals surface area contributed by atoms with Crippen LogP contribution >= 0.6 is 11.3 Å². The molecule has 0 amide bonds. The van der Waals surface area contributed by atoms with Crippen molar-refractivity contribution in [1.82, 2.24) is 0 Å². The number of hydrogen-bond donors (Lipinski definition) is 0. The van der Waals surface area contributed by atoms with Crippen molar-refractivity contribution in [2.24, 2.45) is 0 Å². The summed E-state index contributed by atoms with van der Waals surface area (Å²) >= 11 is 0.929. The quantitative estimate of drug-likeness (QED) is 0.314. The molecule has 6 heteroatoms. The molecule has 0 aliphatic carbocycles. The van der Waals surface area contributed by atoms with Crippen molar-refractivity contribution < 1.29 is 17.5 Å². The van der Waals surface area contributed by atoms with Crippen LogP contribution in [0.4, 0.5) is 0 Å². The van der Waals surface area contributed by atoms with Crippen molar-refractivity contribution in [2.75, 3.05) is 26.2 Å². The van der Waals surface area contributed by atoms with Crippen LogP contribution in [-0.2, 0) is 10.1 Å². The fourth-order valence-electron chi connectivity index (χ4n) is 3.05. The van der Waals surface area contributed by atoms with Crippen molar-refractivity contribution in [2.45, 2.75) is 83.3 Å². The van der Waals surface area contributed by atoms with E-state index in [9.17, 15) is 13.0 Å². The summed E-state index contributed by atoms with van der Waals surface area (Å²) in [6, 6.07) is 2.81. The normalized spacial score (nSPS) is 11.9. The first kappa shape index (κ1) is 25.6. The minimum Gasteiger partial charge on any atom is -0.743 e. The average molecular weight is 406 g/mol. The van der Waals surface area contributed by atoms with Crippen molar-refractivity contribution in [3.8, 4) is 0 Å². The lowest BCUT2D eigenvalue weighted by atomic mass is 10.1. The van der Waals surface area contributed by atoms with Crippen LogP contribution in [0.5, 0.6) is 0 Å². The van der Waals surface area contributed by atoms with Crippen LogP contribution in [0.1, 0.15) is 79.1 Å². The number of unbranched alkanes of at least 4 members (excludes halogenated alkanes) is 4. The lowest BCUT2D eigenvalue weighted by molar-refractivity contribution is -0.929. The van der Waals surface area contributed by atoms with Gasteiger partial charge in [0.15, 0.2) is 0 Å². The Morgan fingerprint density at radius 2 is 1.23 bits per heavy atom. The zero-order valence-corrected chi connectivity index (χ0v) is 18.8. The van der Waals surface area contributed by atoms with Gasteiger partial charge in [0, 0.05) is 0 Å². The van der Waals surface area contributed by atoms with Crippen LogP contribution < -0.4 is 0 Å². The van der Waals surface area contributed by atoms with Gasteiger partial charge in [0.2, 0.25) is 0 Å². The molecule has 0 fully saturated rings. The number of rotatable bonds is 13. The van der Waals surface area contributed by atoms with Gasteiger partial charge in [-0.25, -0.2) is 8.42 Å². The summed E-state index contributed by atoms with van der Waals surface area (Å²) < 4.78 is 31.7. The standard InChI is InChI=1S/C16H36N.C4H4O3S2/c1-5-9-13-17(14-10-6-2,15-11-7-3)16-12-8-4;5-9(6,7)4-2-1-3-8-4/h5-16H2,1-4H3;1-3H,(H,5,6,7)/q+1;/p-1. The molecule has 1 aromatic rings. The van der Waals surface area contributed by atoms with Crippen LogP contribution in [0.25, 0.3) is 0 Å². The van der Waals surface area contributed by atoms with Gasteiger partial charge in [0.25, 0.3) is 0 Å². The van der Waals surface area contributed by atoms with E-state index in [1.807, 2.05) is 0 Å². The van der Waals surface area contributed by atoms with Crippen LogP contribution in [0.3, 0.4) is 0 Å². The molecule has 0 bridgehead atoms. The Morgan fingerprint density at radius 3 is 1.42 bits per heavy atom. The van der Waals surface area contributed by atoms with E-state index in [-0.39, 0.29) is 4.21 Å². The summed E-state index contributed by atoms with van der Waals surface area (Å²) in [5, 5.41) is 1.55. The topological polar surface area (TPSA) is 57.2 Å². The second-order valence-electron chi connectivity index (χ2n) is 7.04. The molecule has 154 valence electrons. The Hall–Kier alpha value is -0.430. The molecule has 0 spiro atoms. The number of nitrogens with zero attached hydrogens (tertiary/aromatic N) is 1. The fraction of sp³-hybridized carbons (Fsp3) is 0.800. The van der Waals surface area contributed by atoms with Crippen LogP contribution in [-0.4, -0.2) is 43.6 Å². The van der Waals surface area contributed by atoms with Crippen molar-refractivity contribution in [1.29, 1.82) is 0 Å². The van der Waals surface area contributed by atoms with E-state index in [4.69, 9.17) is 0 Å². The van der Waals surface area contributed by atoms with E-state index in [0.29, 0.717) is 0 Å². The third kappa shape index (κ3) is 11.3. The van der Waals surface area contributed by atoms with Gasteiger partial charge in [-0.3, -0.25) is 0 Å². The number of hydrogen-bond acceptors (Lipinski definition) is 4. The molecule has 0 unspecified atom stereocenters. The molecule has 0 N–H and O–H groups in total. The highest BCUT2D eigenvalue weighted by atomic mass is 32.3. The van der Waals surface area contributed by atoms with Crippen LogP contribution in [0.15, 0.2) is 21.7 Å². The summed E-state index contributed by atoms with van der Waals surface area (Å²) in [5.41, 5.74) is 0. The SMILES string of the molecule is CCCC[N+](CCCC)(CCCC)CCCC.O=S(=O)([O-])c1cccs1. The smallest absolute Gasteiger partial charge is 0.134 e. The highest BCUT2D eigenvalue weighted by Crippen LogP contribution is 2.16. The van der Waals surface area contributed by atoms with E-state index in [2.05, 4.69) is 27.7 Å². The first-order chi connectivity index (χ1) is 12.3. The summed E-state index contributed by atoms with van der Waals surface area (Å²) in [7, 11) is -4.19. The monoisotopic (exact) mass is 405 g/mol.